The summed E-state index contributed by atoms with van der Waals surface area (Å²) >= 11 is 11.6. The molecule has 1 aromatic heterocycles. The Morgan fingerprint density at radius 1 is 1.17 bits per heavy atom. The molecule has 0 fully saturated rings. The lowest BCUT2D eigenvalue weighted by Crippen LogP contribution is -2.29. The number of ether oxygens (including phenoxy) is 1. The van der Waals surface area contributed by atoms with E-state index >= 15 is 0 Å². The van der Waals surface area contributed by atoms with E-state index in [-0.39, 0.29) is 23.6 Å². The standard InChI is InChI=1S/C15H12Cl2N2O5/c16-9-1-2-10(11(17)7-9)12(20)8-24-14(22)4-6-19-5-3-13(21)18-15(19)23/h1-3,5,7H,4,6,8H2,(H,18,21,23). The zero-order chi connectivity index (χ0) is 17.7. The van der Waals surface area contributed by atoms with Crippen molar-refractivity contribution >= 4 is 35.0 Å². The number of aromatic amines is 1. The third-order valence-electron chi connectivity index (χ3n) is 3.05. The van der Waals surface area contributed by atoms with Crippen molar-refractivity contribution in [1.29, 1.82) is 0 Å². The number of ketones is 1. The van der Waals surface area contributed by atoms with Crippen molar-refractivity contribution in [2.24, 2.45) is 0 Å². The molecule has 0 unspecified atom stereocenters. The summed E-state index contributed by atoms with van der Waals surface area (Å²) in [6.45, 7) is -0.453. The first-order valence-corrected chi connectivity index (χ1v) is 7.56. The summed E-state index contributed by atoms with van der Waals surface area (Å²) < 4.78 is 6.01. The van der Waals surface area contributed by atoms with E-state index in [0.29, 0.717) is 5.02 Å². The maximum absolute atomic E-state index is 11.9. The SMILES string of the molecule is O=C(CCn1ccc(=O)[nH]c1=O)OCC(=O)c1ccc(Cl)cc1Cl. The largest absolute Gasteiger partial charge is 0.457 e. The van der Waals surface area contributed by atoms with Crippen LogP contribution >= 0.6 is 23.2 Å². The Labute approximate surface area is 145 Å². The van der Waals surface area contributed by atoms with Gasteiger partial charge in [-0.3, -0.25) is 19.4 Å². The van der Waals surface area contributed by atoms with Crippen LogP contribution in [0.1, 0.15) is 16.8 Å². The molecule has 0 atom stereocenters. The molecule has 0 aliphatic rings. The molecule has 0 saturated heterocycles. The summed E-state index contributed by atoms with van der Waals surface area (Å²) in [7, 11) is 0. The van der Waals surface area contributed by atoms with Gasteiger partial charge in [-0.1, -0.05) is 23.2 Å². The van der Waals surface area contributed by atoms with Gasteiger partial charge in [-0.15, -0.1) is 0 Å². The van der Waals surface area contributed by atoms with E-state index in [1.54, 1.807) is 0 Å². The minimum atomic E-state index is -0.661. The normalized spacial score (nSPS) is 10.4. The van der Waals surface area contributed by atoms with Gasteiger partial charge >= 0.3 is 11.7 Å². The number of H-pyrrole nitrogens is 1. The summed E-state index contributed by atoms with van der Waals surface area (Å²) in [6.07, 6.45) is 1.14. The van der Waals surface area contributed by atoms with Crippen LogP contribution in [0.15, 0.2) is 40.1 Å². The Balaban J connectivity index is 1.87. The van der Waals surface area contributed by atoms with Crippen molar-refractivity contribution in [3.63, 3.8) is 0 Å². The van der Waals surface area contributed by atoms with Crippen LogP contribution in [0.25, 0.3) is 0 Å². The van der Waals surface area contributed by atoms with Crippen LogP contribution in [0.5, 0.6) is 0 Å². The van der Waals surface area contributed by atoms with Crippen molar-refractivity contribution in [3.8, 4) is 0 Å². The van der Waals surface area contributed by atoms with Gasteiger partial charge in [-0.25, -0.2) is 4.79 Å². The zero-order valence-corrected chi connectivity index (χ0v) is 13.8. The lowest BCUT2D eigenvalue weighted by Gasteiger charge is -2.07. The molecule has 0 aliphatic carbocycles. The number of esters is 1. The van der Waals surface area contributed by atoms with Crippen LogP contribution < -0.4 is 11.2 Å². The summed E-state index contributed by atoms with van der Waals surface area (Å²) in [5, 5.41) is 0.559. The van der Waals surface area contributed by atoms with Gasteiger partial charge < -0.3 is 9.30 Å². The van der Waals surface area contributed by atoms with Crippen LogP contribution in [0.3, 0.4) is 0 Å². The summed E-state index contributed by atoms with van der Waals surface area (Å²) in [6, 6.07) is 5.53. The molecule has 0 radical (unpaired) electrons. The van der Waals surface area contributed by atoms with Gasteiger partial charge in [0.05, 0.1) is 11.4 Å². The smallest absolute Gasteiger partial charge is 0.328 e. The fourth-order valence-corrected chi connectivity index (χ4v) is 2.36. The molecular formula is C15H12Cl2N2O5. The van der Waals surface area contributed by atoms with Gasteiger partial charge in [0.2, 0.25) is 5.78 Å². The number of nitrogens with one attached hydrogen (secondary N) is 1. The fraction of sp³-hybridized carbons (Fsp3) is 0.200. The number of benzene rings is 1. The first-order valence-electron chi connectivity index (χ1n) is 6.80. The second kappa shape index (κ2) is 7.94. The number of carbonyl (C=O) groups is 2. The van der Waals surface area contributed by atoms with E-state index in [1.807, 2.05) is 0 Å². The third kappa shape index (κ3) is 4.81. The Morgan fingerprint density at radius 2 is 1.92 bits per heavy atom. The third-order valence-corrected chi connectivity index (χ3v) is 3.60. The number of aryl methyl sites for hydroxylation is 1. The highest BCUT2D eigenvalue weighted by Gasteiger charge is 2.13. The quantitative estimate of drug-likeness (QED) is 0.615. The molecule has 0 amide bonds. The molecule has 2 aromatic rings. The van der Waals surface area contributed by atoms with Crippen molar-refractivity contribution in [2.75, 3.05) is 6.61 Å². The molecule has 7 nitrogen and oxygen atoms in total. The molecule has 0 aliphatic heterocycles. The first-order chi connectivity index (χ1) is 11.4. The van der Waals surface area contributed by atoms with Crippen LogP contribution in [0, 0.1) is 0 Å². The minimum absolute atomic E-state index is 0.0182. The van der Waals surface area contributed by atoms with Gasteiger partial charge in [0.25, 0.3) is 5.56 Å². The first kappa shape index (κ1) is 18.0. The maximum Gasteiger partial charge on any atom is 0.328 e. The zero-order valence-electron chi connectivity index (χ0n) is 12.3. The fourth-order valence-electron chi connectivity index (χ4n) is 1.84. The molecule has 9 heteroatoms. The summed E-state index contributed by atoms with van der Waals surface area (Å²) in [5.41, 5.74) is -0.950. The highest BCUT2D eigenvalue weighted by molar-refractivity contribution is 6.36. The summed E-state index contributed by atoms with van der Waals surface area (Å²) in [4.78, 5) is 48.0. The molecule has 2 rings (SSSR count). The number of carbonyl (C=O) groups excluding carboxylic acids is 2. The van der Waals surface area contributed by atoms with Crippen molar-refractivity contribution in [2.45, 2.75) is 13.0 Å². The molecule has 24 heavy (non-hydrogen) atoms. The van der Waals surface area contributed by atoms with E-state index in [1.165, 1.54) is 30.5 Å². The topological polar surface area (TPSA) is 98.2 Å². The second-order valence-electron chi connectivity index (χ2n) is 4.76. The van der Waals surface area contributed by atoms with Crippen LogP contribution in [-0.2, 0) is 16.1 Å². The number of nitrogens with zero attached hydrogens (tertiary/aromatic N) is 1. The molecule has 0 saturated carbocycles. The van der Waals surface area contributed by atoms with E-state index in [9.17, 15) is 19.2 Å². The van der Waals surface area contributed by atoms with Gasteiger partial charge in [0.15, 0.2) is 6.61 Å². The average molecular weight is 371 g/mol. The summed E-state index contributed by atoms with van der Waals surface area (Å²) in [5.74, 6) is -1.13. The predicted molar refractivity (Wildman–Crippen MR) is 87.7 cm³/mol. The highest BCUT2D eigenvalue weighted by Crippen LogP contribution is 2.21. The van der Waals surface area contributed by atoms with Crippen molar-refractivity contribution in [3.05, 3.63) is 66.9 Å². The molecule has 1 N–H and O–H groups in total. The lowest BCUT2D eigenvalue weighted by molar-refractivity contribution is -0.142. The molecule has 0 bridgehead atoms. The Bertz CT molecular complexity index is 888. The molecule has 1 aromatic carbocycles. The monoisotopic (exact) mass is 370 g/mol. The Kier molecular flexibility index (Phi) is 5.94. The number of hydrogen-bond acceptors (Lipinski definition) is 5. The molecule has 1 heterocycles. The Hall–Kier alpha value is -2.38. The van der Waals surface area contributed by atoms with Crippen LogP contribution in [-0.4, -0.2) is 27.9 Å². The van der Waals surface area contributed by atoms with Gasteiger partial charge in [0.1, 0.15) is 0 Å². The van der Waals surface area contributed by atoms with E-state index < -0.39 is 29.6 Å². The van der Waals surface area contributed by atoms with Gasteiger partial charge in [-0.2, -0.15) is 0 Å². The maximum atomic E-state index is 11.9. The molecule has 0 spiro atoms. The van der Waals surface area contributed by atoms with E-state index in [4.69, 9.17) is 27.9 Å². The van der Waals surface area contributed by atoms with E-state index in [0.717, 1.165) is 4.57 Å². The van der Waals surface area contributed by atoms with E-state index in [2.05, 4.69) is 4.98 Å². The van der Waals surface area contributed by atoms with Crippen molar-refractivity contribution in [1.82, 2.24) is 9.55 Å². The minimum Gasteiger partial charge on any atom is -0.457 e. The predicted octanol–water partition coefficient (Wildman–Crippen LogP) is 1.66. The van der Waals surface area contributed by atoms with Crippen LogP contribution in [0.2, 0.25) is 10.0 Å². The Morgan fingerprint density at radius 3 is 2.58 bits per heavy atom. The second-order valence-corrected chi connectivity index (χ2v) is 5.61. The van der Waals surface area contributed by atoms with Gasteiger partial charge in [-0.05, 0) is 18.2 Å². The number of Topliss-reactive ketones (excluding diaryl/α,β-unsaturated/α-hetero) is 1. The van der Waals surface area contributed by atoms with Crippen LogP contribution in [0.4, 0.5) is 0 Å². The highest BCUT2D eigenvalue weighted by atomic mass is 35.5. The number of rotatable bonds is 6. The number of halogens is 2. The molecular weight excluding hydrogens is 359 g/mol. The number of aromatic nitrogens is 2. The lowest BCUT2D eigenvalue weighted by atomic mass is 10.1. The molecule has 126 valence electrons. The average Bonchev–Trinajstić information content (AvgIpc) is 2.51. The van der Waals surface area contributed by atoms with Gasteiger partial charge in [0, 0.05) is 29.4 Å². The van der Waals surface area contributed by atoms with Crippen molar-refractivity contribution < 1.29 is 14.3 Å². The number of hydrogen-bond donors (Lipinski definition) is 1.